The second-order valence-electron chi connectivity index (χ2n) is 4.59. The van der Waals surface area contributed by atoms with Crippen LogP contribution in [-0.4, -0.2) is 15.0 Å². The Morgan fingerprint density at radius 1 is 1.32 bits per heavy atom. The van der Waals surface area contributed by atoms with Gasteiger partial charge >= 0.3 is 0 Å². The van der Waals surface area contributed by atoms with Crippen molar-refractivity contribution in [3.05, 3.63) is 23.3 Å². The first-order chi connectivity index (χ1) is 9.15. The standard InChI is InChI=1S/C12H15N5OS/c1-6-7(2)18-12(14-6)19-10-5-9(17-13)15-11(16-10)8-3-4-8/h5,8H,3-4,13H2,1-2H3,(H,15,16,17). The summed E-state index contributed by atoms with van der Waals surface area (Å²) in [6.45, 7) is 3.82. The molecule has 1 saturated carbocycles. The normalized spacial score (nSPS) is 14.7. The number of aryl methyl sites for hydroxylation is 2. The first-order valence-electron chi connectivity index (χ1n) is 6.13. The molecule has 100 valence electrons. The number of oxazole rings is 1. The van der Waals surface area contributed by atoms with Crippen LogP contribution in [0.15, 0.2) is 20.7 Å². The van der Waals surface area contributed by atoms with E-state index in [2.05, 4.69) is 20.4 Å². The number of hydrazine groups is 1. The Kier molecular flexibility index (Phi) is 3.16. The Bertz CT molecular complexity index is 589. The fourth-order valence-electron chi connectivity index (χ4n) is 1.67. The second-order valence-corrected chi connectivity index (χ2v) is 5.56. The van der Waals surface area contributed by atoms with Crippen LogP contribution in [0.3, 0.4) is 0 Å². The molecule has 0 spiro atoms. The summed E-state index contributed by atoms with van der Waals surface area (Å²) in [6.07, 6.45) is 2.30. The molecule has 19 heavy (non-hydrogen) atoms. The zero-order valence-electron chi connectivity index (χ0n) is 10.8. The maximum absolute atomic E-state index is 5.55. The molecule has 0 atom stereocenters. The van der Waals surface area contributed by atoms with Crippen LogP contribution in [0.2, 0.25) is 0 Å². The van der Waals surface area contributed by atoms with E-state index in [0.717, 1.165) is 35.1 Å². The van der Waals surface area contributed by atoms with E-state index in [1.807, 2.05) is 13.8 Å². The van der Waals surface area contributed by atoms with Gasteiger partial charge in [-0.1, -0.05) is 0 Å². The number of nitrogens with zero attached hydrogens (tertiary/aromatic N) is 3. The van der Waals surface area contributed by atoms with Crippen molar-refractivity contribution in [2.75, 3.05) is 5.43 Å². The lowest BCUT2D eigenvalue weighted by Gasteiger charge is -2.05. The monoisotopic (exact) mass is 277 g/mol. The Morgan fingerprint density at radius 3 is 2.68 bits per heavy atom. The number of rotatable bonds is 4. The van der Waals surface area contributed by atoms with Gasteiger partial charge in [-0.25, -0.2) is 20.8 Å². The summed E-state index contributed by atoms with van der Waals surface area (Å²) in [7, 11) is 0. The van der Waals surface area contributed by atoms with Crippen LogP contribution >= 0.6 is 11.8 Å². The predicted octanol–water partition coefficient (Wildman–Crippen LogP) is 2.40. The lowest BCUT2D eigenvalue weighted by Crippen LogP contribution is -2.10. The van der Waals surface area contributed by atoms with Gasteiger partial charge in [-0.3, -0.25) is 0 Å². The van der Waals surface area contributed by atoms with Crippen LogP contribution in [0.1, 0.15) is 36.0 Å². The maximum Gasteiger partial charge on any atom is 0.262 e. The number of anilines is 1. The van der Waals surface area contributed by atoms with Crippen LogP contribution in [0.5, 0.6) is 0 Å². The molecule has 2 heterocycles. The van der Waals surface area contributed by atoms with Crippen molar-refractivity contribution in [1.82, 2.24) is 15.0 Å². The molecule has 2 aromatic heterocycles. The highest BCUT2D eigenvalue weighted by atomic mass is 32.2. The van der Waals surface area contributed by atoms with Gasteiger partial charge in [0.05, 0.1) is 5.69 Å². The lowest BCUT2D eigenvalue weighted by molar-refractivity contribution is 0.431. The molecule has 0 saturated heterocycles. The molecule has 0 radical (unpaired) electrons. The van der Waals surface area contributed by atoms with Crippen LogP contribution in [0, 0.1) is 13.8 Å². The maximum atomic E-state index is 5.55. The Labute approximate surface area is 115 Å². The average Bonchev–Trinajstić information content (AvgIpc) is 3.18. The summed E-state index contributed by atoms with van der Waals surface area (Å²) in [5.74, 6) is 8.21. The summed E-state index contributed by atoms with van der Waals surface area (Å²) in [5, 5.41) is 1.39. The summed E-state index contributed by atoms with van der Waals surface area (Å²) < 4.78 is 5.55. The van der Waals surface area contributed by atoms with Crippen molar-refractivity contribution in [2.24, 2.45) is 5.84 Å². The molecule has 3 N–H and O–H groups in total. The number of aromatic nitrogens is 3. The summed E-state index contributed by atoms with van der Waals surface area (Å²) >= 11 is 1.39. The van der Waals surface area contributed by atoms with Crippen LogP contribution in [0.4, 0.5) is 5.82 Å². The molecule has 1 aliphatic carbocycles. The smallest absolute Gasteiger partial charge is 0.262 e. The first-order valence-corrected chi connectivity index (χ1v) is 6.95. The van der Waals surface area contributed by atoms with E-state index in [1.54, 1.807) is 6.07 Å². The first kappa shape index (κ1) is 12.4. The average molecular weight is 277 g/mol. The summed E-state index contributed by atoms with van der Waals surface area (Å²) in [4.78, 5) is 13.2. The number of hydrogen-bond donors (Lipinski definition) is 2. The van der Waals surface area contributed by atoms with E-state index in [9.17, 15) is 0 Å². The minimum atomic E-state index is 0.473. The van der Waals surface area contributed by atoms with E-state index in [0.29, 0.717) is 17.0 Å². The van der Waals surface area contributed by atoms with E-state index < -0.39 is 0 Å². The highest BCUT2D eigenvalue weighted by Gasteiger charge is 2.27. The predicted molar refractivity (Wildman–Crippen MR) is 71.9 cm³/mol. The number of nitrogens with two attached hydrogens (primary N) is 1. The van der Waals surface area contributed by atoms with Crippen LogP contribution in [-0.2, 0) is 0 Å². The SMILES string of the molecule is Cc1nc(Sc2cc(NN)nc(C3CC3)n2)oc1C. The molecule has 7 heteroatoms. The van der Waals surface area contributed by atoms with Crippen molar-refractivity contribution in [3.8, 4) is 0 Å². The lowest BCUT2D eigenvalue weighted by atomic mass is 10.4. The van der Waals surface area contributed by atoms with Crippen molar-refractivity contribution in [1.29, 1.82) is 0 Å². The Balaban J connectivity index is 1.88. The highest BCUT2D eigenvalue weighted by molar-refractivity contribution is 7.99. The van der Waals surface area contributed by atoms with Gasteiger partial charge in [0, 0.05) is 12.0 Å². The zero-order valence-corrected chi connectivity index (χ0v) is 11.6. The van der Waals surface area contributed by atoms with Gasteiger partial charge in [0.2, 0.25) is 0 Å². The number of nitrogen functional groups attached to an aromatic ring is 1. The molecule has 6 nitrogen and oxygen atoms in total. The molecule has 0 amide bonds. The molecular formula is C12H15N5OS. The van der Waals surface area contributed by atoms with Crippen LogP contribution < -0.4 is 11.3 Å². The van der Waals surface area contributed by atoms with Crippen molar-refractivity contribution in [2.45, 2.75) is 42.9 Å². The zero-order chi connectivity index (χ0) is 13.4. The van der Waals surface area contributed by atoms with Gasteiger partial charge in [0.1, 0.15) is 22.4 Å². The Morgan fingerprint density at radius 2 is 2.11 bits per heavy atom. The largest absolute Gasteiger partial charge is 0.436 e. The van der Waals surface area contributed by atoms with E-state index in [4.69, 9.17) is 10.3 Å². The van der Waals surface area contributed by atoms with E-state index in [1.165, 1.54) is 11.8 Å². The Hall–Kier alpha value is -1.60. The fraction of sp³-hybridized carbons (Fsp3) is 0.417. The van der Waals surface area contributed by atoms with Gasteiger partial charge in [0.25, 0.3) is 5.22 Å². The molecule has 0 aliphatic heterocycles. The van der Waals surface area contributed by atoms with Crippen molar-refractivity contribution >= 4 is 17.6 Å². The third kappa shape index (κ3) is 2.71. The third-order valence-electron chi connectivity index (χ3n) is 3.01. The van der Waals surface area contributed by atoms with Gasteiger partial charge in [-0.2, -0.15) is 0 Å². The van der Waals surface area contributed by atoms with E-state index in [-0.39, 0.29) is 0 Å². The van der Waals surface area contributed by atoms with E-state index >= 15 is 0 Å². The number of hydrogen-bond acceptors (Lipinski definition) is 7. The minimum Gasteiger partial charge on any atom is -0.436 e. The molecule has 0 aromatic carbocycles. The topological polar surface area (TPSA) is 89.9 Å². The summed E-state index contributed by atoms with van der Waals surface area (Å²) in [5.41, 5.74) is 3.48. The van der Waals surface area contributed by atoms with Gasteiger partial charge in [-0.05, 0) is 38.5 Å². The molecule has 3 rings (SSSR count). The molecular weight excluding hydrogens is 262 g/mol. The van der Waals surface area contributed by atoms with Crippen LogP contribution in [0.25, 0.3) is 0 Å². The minimum absolute atomic E-state index is 0.473. The quantitative estimate of drug-likeness (QED) is 0.504. The number of nitrogens with one attached hydrogen (secondary N) is 1. The molecule has 1 aliphatic rings. The molecule has 2 aromatic rings. The van der Waals surface area contributed by atoms with Gasteiger partial charge < -0.3 is 9.84 Å². The van der Waals surface area contributed by atoms with Gasteiger partial charge in [0.15, 0.2) is 0 Å². The van der Waals surface area contributed by atoms with Crippen molar-refractivity contribution < 1.29 is 4.42 Å². The molecule has 0 bridgehead atoms. The summed E-state index contributed by atoms with van der Waals surface area (Å²) in [6, 6.07) is 1.80. The van der Waals surface area contributed by atoms with Gasteiger partial charge in [-0.15, -0.1) is 0 Å². The molecule has 1 fully saturated rings. The highest BCUT2D eigenvalue weighted by Crippen LogP contribution is 2.39. The molecule has 0 unspecified atom stereocenters. The van der Waals surface area contributed by atoms with Crippen molar-refractivity contribution in [3.63, 3.8) is 0 Å². The second kappa shape index (κ2) is 4.82. The fourth-order valence-corrected chi connectivity index (χ4v) is 2.51. The third-order valence-corrected chi connectivity index (χ3v) is 3.78.